The van der Waals surface area contributed by atoms with Crippen LogP contribution in [0, 0.1) is 12.7 Å². The molecule has 0 radical (unpaired) electrons. The molecule has 0 aromatic heterocycles. The van der Waals surface area contributed by atoms with Crippen molar-refractivity contribution in [1.29, 1.82) is 0 Å². The average molecular weight is 378 g/mol. The van der Waals surface area contributed by atoms with Crippen molar-refractivity contribution in [1.82, 2.24) is 4.31 Å². The molecule has 2 aromatic rings. The number of halogens is 1. The van der Waals surface area contributed by atoms with Gasteiger partial charge in [0, 0.05) is 18.7 Å². The molecule has 1 aliphatic rings. The fourth-order valence-electron chi connectivity index (χ4n) is 2.88. The predicted octanol–water partition coefficient (Wildman–Crippen LogP) is 2.88. The zero-order chi connectivity index (χ0) is 18.9. The number of nitrogens with zero attached hydrogens (tertiary/aromatic N) is 1. The van der Waals surface area contributed by atoms with Crippen LogP contribution >= 0.6 is 0 Å². The summed E-state index contributed by atoms with van der Waals surface area (Å²) >= 11 is 0. The van der Waals surface area contributed by atoms with E-state index >= 15 is 0 Å². The van der Waals surface area contributed by atoms with Gasteiger partial charge in [-0.25, -0.2) is 12.8 Å². The van der Waals surface area contributed by atoms with Crippen LogP contribution in [0.4, 0.5) is 10.1 Å². The number of phenols is 1. The van der Waals surface area contributed by atoms with Crippen LogP contribution in [0.5, 0.6) is 5.75 Å². The first kappa shape index (κ1) is 18.3. The van der Waals surface area contributed by atoms with Crippen LogP contribution in [0.15, 0.2) is 41.3 Å². The van der Waals surface area contributed by atoms with Gasteiger partial charge >= 0.3 is 0 Å². The highest BCUT2D eigenvalue weighted by molar-refractivity contribution is 7.89. The van der Waals surface area contributed by atoms with Gasteiger partial charge < -0.3 is 10.4 Å². The summed E-state index contributed by atoms with van der Waals surface area (Å²) in [6, 6.07) is 7.54. The molecule has 0 bridgehead atoms. The Hall–Kier alpha value is -2.45. The number of amides is 1. The van der Waals surface area contributed by atoms with Crippen molar-refractivity contribution >= 4 is 21.6 Å². The number of nitrogens with one attached hydrogen (secondary N) is 1. The average Bonchev–Trinajstić information content (AvgIpc) is 3.14. The fourth-order valence-corrected chi connectivity index (χ4v) is 4.43. The Morgan fingerprint density at radius 3 is 2.54 bits per heavy atom. The van der Waals surface area contributed by atoms with Gasteiger partial charge in [0.2, 0.25) is 10.0 Å². The summed E-state index contributed by atoms with van der Waals surface area (Å²) in [5.74, 6) is -1.46. The molecule has 3 rings (SSSR count). The lowest BCUT2D eigenvalue weighted by Crippen LogP contribution is -2.28. The molecule has 2 aromatic carbocycles. The van der Waals surface area contributed by atoms with Crippen LogP contribution in [0.1, 0.15) is 28.8 Å². The summed E-state index contributed by atoms with van der Waals surface area (Å²) in [6.07, 6.45) is 1.61. The number of carbonyl (C=O) groups is 1. The standard InChI is InChI=1S/C18H19FN2O4S/c1-12-4-5-13(19)10-15(12)18(23)20-16-11-14(6-7-17(16)22)26(24,25)21-8-2-3-9-21/h4-7,10-11,22H,2-3,8-9H2,1H3,(H,20,23). The highest BCUT2D eigenvalue weighted by Crippen LogP contribution is 2.30. The van der Waals surface area contributed by atoms with Gasteiger partial charge in [-0.2, -0.15) is 4.31 Å². The van der Waals surface area contributed by atoms with E-state index in [4.69, 9.17) is 0 Å². The van der Waals surface area contributed by atoms with Gasteiger partial charge in [0.15, 0.2) is 0 Å². The number of sulfonamides is 1. The Morgan fingerprint density at radius 1 is 1.15 bits per heavy atom. The van der Waals surface area contributed by atoms with Crippen molar-refractivity contribution in [2.24, 2.45) is 0 Å². The topological polar surface area (TPSA) is 86.7 Å². The van der Waals surface area contributed by atoms with Crippen molar-refractivity contribution in [3.05, 3.63) is 53.3 Å². The second-order valence-corrected chi connectivity index (χ2v) is 8.14. The third-order valence-corrected chi connectivity index (χ3v) is 6.26. The largest absolute Gasteiger partial charge is 0.506 e. The van der Waals surface area contributed by atoms with Gasteiger partial charge in [-0.3, -0.25) is 4.79 Å². The number of anilines is 1. The quantitative estimate of drug-likeness (QED) is 0.801. The molecule has 6 nitrogen and oxygen atoms in total. The number of hydrogen-bond donors (Lipinski definition) is 2. The second kappa shape index (κ2) is 7.05. The summed E-state index contributed by atoms with van der Waals surface area (Å²) in [5, 5.41) is 12.4. The fraction of sp³-hybridized carbons (Fsp3) is 0.278. The lowest BCUT2D eigenvalue weighted by Gasteiger charge is -2.17. The molecule has 138 valence electrons. The van der Waals surface area contributed by atoms with Gasteiger partial charge in [-0.1, -0.05) is 6.07 Å². The van der Waals surface area contributed by atoms with Crippen LogP contribution in [0.3, 0.4) is 0 Å². The number of carbonyl (C=O) groups excluding carboxylic acids is 1. The van der Waals surface area contributed by atoms with Gasteiger partial charge in [-0.15, -0.1) is 0 Å². The molecule has 1 heterocycles. The normalized spacial score (nSPS) is 15.2. The second-order valence-electron chi connectivity index (χ2n) is 6.20. The third-order valence-electron chi connectivity index (χ3n) is 4.36. The Balaban J connectivity index is 1.91. The highest BCUT2D eigenvalue weighted by Gasteiger charge is 2.28. The maximum atomic E-state index is 13.4. The van der Waals surface area contributed by atoms with Crippen molar-refractivity contribution in [2.75, 3.05) is 18.4 Å². The lowest BCUT2D eigenvalue weighted by atomic mass is 10.1. The predicted molar refractivity (Wildman–Crippen MR) is 95.2 cm³/mol. The van der Waals surface area contributed by atoms with Crippen molar-refractivity contribution in [3.8, 4) is 5.75 Å². The molecule has 1 fully saturated rings. The molecule has 8 heteroatoms. The first-order chi connectivity index (χ1) is 12.3. The number of aromatic hydroxyl groups is 1. The number of benzene rings is 2. The van der Waals surface area contributed by atoms with E-state index in [-0.39, 0.29) is 21.9 Å². The molecule has 26 heavy (non-hydrogen) atoms. The Morgan fingerprint density at radius 2 is 1.85 bits per heavy atom. The van der Waals surface area contributed by atoms with Crippen LogP contribution in [-0.2, 0) is 10.0 Å². The van der Waals surface area contributed by atoms with Gasteiger partial charge in [-0.05, 0) is 55.7 Å². The molecule has 0 aliphatic carbocycles. The van der Waals surface area contributed by atoms with E-state index in [1.54, 1.807) is 6.92 Å². The maximum absolute atomic E-state index is 13.4. The highest BCUT2D eigenvalue weighted by atomic mass is 32.2. The van der Waals surface area contributed by atoms with E-state index < -0.39 is 21.7 Å². The Bertz CT molecular complexity index is 954. The molecule has 0 unspecified atom stereocenters. The molecule has 0 saturated carbocycles. The van der Waals surface area contributed by atoms with Gasteiger partial charge in [0.05, 0.1) is 10.6 Å². The van der Waals surface area contributed by atoms with Crippen LogP contribution in [-0.4, -0.2) is 36.8 Å². The summed E-state index contributed by atoms with van der Waals surface area (Å²) in [7, 11) is -3.68. The lowest BCUT2D eigenvalue weighted by molar-refractivity contribution is 0.102. The summed E-state index contributed by atoms with van der Waals surface area (Å²) in [6.45, 7) is 2.56. The smallest absolute Gasteiger partial charge is 0.256 e. The maximum Gasteiger partial charge on any atom is 0.256 e. The molecular formula is C18H19FN2O4S. The SMILES string of the molecule is Cc1ccc(F)cc1C(=O)Nc1cc(S(=O)(=O)N2CCCC2)ccc1O. The summed E-state index contributed by atoms with van der Waals surface area (Å²) in [5.41, 5.74) is 0.625. The molecule has 0 spiro atoms. The van der Waals surface area contributed by atoms with Gasteiger partial charge in [0.25, 0.3) is 5.91 Å². The molecule has 0 atom stereocenters. The minimum absolute atomic E-state index is 0.0107. The van der Waals surface area contributed by atoms with Gasteiger partial charge in [0.1, 0.15) is 11.6 Å². The third kappa shape index (κ3) is 3.56. The summed E-state index contributed by atoms with van der Waals surface area (Å²) < 4.78 is 40.1. The minimum atomic E-state index is -3.68. The van der Waals surface area contributed by atoms with E-state index in [0.29, 0.717) is 18.7 Å². The van der Waals surface area contributed by atoms with Crippen LogP contribution in [0.25, 0.3) is 0 Å². The Kier molecular flexibility index (Phi) is 4.97. The monoisotopic (exact) mass is 378 g/mol. The zero-order valence-corrected chi connectivity index (χ0v) is 15.0. The minimum Gasteiger partial charge on any atom is -0.506 e. The number of hydrogen-bond acceptors (Lipinski definition) is 4. The van der Waals surface area contributed by atoms with Crippen molar-refractivity contribution in [3.63, 3.8) is 0 Å². The molecule has 1 saturated heterocycles. The van der Waals surface area contributed by atoms with Crippen molar-refractivity contribution < 1.29 is 22.7 Å². The number of rotatable bonds is 4. The first-order valence-corrected chi connectivity index (χ1v) is 9.64. The van der Waals surface area contributed by atoms with Crippen molar-refractivity contribution in [2.45, 2.75) is 24.7 Å². The molecule has 1 amide bonds. The van der Waals surface area contributed by atoms with E-state index in [1.165, 1.54) is 34.6 Å². The number of aryl methyl sites for hydroxylation is 1. The van der Waals surface area contributed by atoms with E-state index in [9.17, 15) is 22.7 Å². The summed E-state index contributed by atoms with van der Waals surface area (Å²) in [4.78, 5) is 12.4. The van der Waals surface area contributed by atoms with E-state index in [2.05, 4.69) is 5.32 Å². The molecule has 1 aliphatic heterocycles. The first-order valence-electron chi connectivity index (χ1n) is 8.20. The zero-order valence-electron chi connectivity index (χ0n) is 14.2. The van der Waals surface area contributed by atoms with E-state index in [1.807, 2.05) is 0 Å². The molecular weight excluding hydrogens is 359 g/mol. The van der Waals surface area contributed by atoms with Crippen LogP contribution in [0.2, 0.25) is 0 Å². The molecule has 2 N–H and O–H groups in total. The van der Waals surface area contributed by atoms with Crippen LogP contribution < -0.4 is 5.32 Å². The van der Waals surface area contributed by atoms with E-state index in [0.717, 1.165) is 18.9 Å². The Labute approximate surface area is 151 Å². The number of phenolic OH excluding ortho intramolecular Hbond substituents is 1.